The summed E-state index contributed by atoms with van der Waals surface area (Å²) in [6.45, 7) is 0. The van der Waals surface area contributed by atoms with Crippen LogP contribution in [0.4, 0.5) is 22.7 Å². The summed E-state index contributed by atoms with van der Waals surface area (Å²) in [5.74, 6) is -1.72. The first-order chi connectivity index (χ1) is 15.5. The predicted molar refractivity (Wildman–Crippen MR) is 123 cm³/mol. The number of phenols is 2. The van der Waals surface area contributed by atoms with E-state index in [4.69, 9.17) is 0 Å². The average molecular weight is 422 g/mol. The van der Waals surface area contributed by atoms with Crippen LogP contribution in [-0.2, 0) is 0 Å². The Morgan fingerprint density at radius 3 is 1.25 bits per heavy atom. The molecule has 4 aromatic rings. The fourth-order valence-electron chi connectivity index (χ4n) is 3.93. The van der Waals surface area contributed by atoms with Gasteiger partial charge in [-0.05, 0) is 48.5 Å². The first kappa shape index (κ1) is 19.4. The third-order valence-electron chi connectivity index (χ3n) is 5.38. The number of phenolic OH excluding ortho intramolecular Hbond substituents is 2. The van der Waals surface area contributed by atoms with Gasteiger partial charge in [-0.25, -0.2) is 0 Å². The highest BCUT2D eigenvalue weighted by Gasteiger charge is 2.38. The van der Waals surface area contributed by atoms with Gasteiger partial charge >= 0.3 is 0 Å². The molecule has 0 radical (unpaired) electrons. The molecule has 0 atom stereocenters. The van der Waals surface area contributed by atoms with Gasteiger partial charge in [0.1, 0.15) is 11.5 Å². The zero-order valence-corrected chi connectivity index (χ0v) is 16.8. The summed E-state index contributed by atoms with van der Waals surface area (Å²) in [6, 6.07) is 24.3. The van der Waals surface area contributed by atoms with Crippen LogP contribution < -0.4 is 10.6 Å². The van der Waals surface area contributed by atoms with E-state index in [0.29, 0.717) is 11.4 Å². The van der Waals surface area contributed by atoms with E-state index in [2.05, 4.69) is 10.6 Å². The van der Waals surface area contributed by atoms with E-state index < -0.39 is 11.6 Å². The molecule has 5 rings (SSSR count). The van der Waals surface area contributed by atoms with E-state index in [0.717, 1.165) is 11.4 Å². The quantitative estimate of drug-likeness (QED) is 0.291. The second kappa shape index (κ2) is 7.59. The van der Waals surface area contributed by atoms with Gasteiger partial charge in [0, 0.05) is 11.4 Å². The standard InChI is InChI=1S/C26H18N2O4/c29-19-13-11-17(27-15-7-3-1-4-8-15)21-23(19)26(32)24-20(30)14-12-18(22(24)25(21)31)28-16-9-5-2-6-10-16/h1-14,27-30H. The third kappa shape index (κ3) is 3.15. The van der Waals surface area contributed by atoms with Gasteiger partial charge < -0.3 is 20.8 Å². The summed E-state index contributed by atoms with van der Waals surface area (Å²) < 4.78 is 0. The topological polar surface area (TPSA) is 98.7 Å². The van der Waals surface area contributed by atoms with Crippen molar-refractivity contribution in [3.8, 4) is 11.5 Å². The van der Waals surface area contributed by atoms with Crippen molar-refractivity contribution in [3.05, 3.63) is 107 Å². The molecule has 0 aromatic heterocycles. The molecule has 0 bridgehead atoms. The first-order valence-corrected chi connectivity index (χ1v) is 10.00. The zero-order chi connectivity index (χ0) is 22.2. The van der Waals surface area contributed by atoms with Crippen LogP contribution in [0, 0.1) is 0 Å². The van der Waals surface area contributed by atoms with Crippen LogP contribution in [0.3, 0.4) is 0 Å². The number of nitrogens with one attached hydrogen (secondary N) is 2. The van der Waals surface area contributed by atoms with E-state index in [1.807, 2.05) is 60.7 Å². The minimum atomic E-state index is -0.613. The number of hydrogen-bond donors (Lipinski definition) is 4. The largest absolute Gasteiger partial charge is 0.507 e. The van der Waals surface area contributed by atoms with Crippen LogP contribution in [0.5, 0.6) is 11.5 Å². The van der Waals surface area contributed by atoms with Crippen molar-refractivity contribution in [1.29, 1.82) is 0 Å². The van der Waals surface area contributed by atoms with Gasteiger partial charge in [0.05, 0.1) is 33.6 Å². The molecular formula is C26H18N2O4. The van der Waals surface area contributed by atoms with Crippen molar-refractivity contribution in [2.45, 2.75) is 0 Å². The van der Waals surface area contributed by atoms with Gasteiger partial charge in [0.15, 0.2) is 5.78 Å². The minimum Gasteiger partial charge on any atom is -0.507 e. The molecule has 6 heteroatoms. The van der Waals surface area contributed by atoms with Crippen LogP contribution >= 0.6 is 0 Å². The van der Waals surface area contributed by atoms with E-state index in [-0.39, 0.29) is 33.8 Å². The number of fused-ring (bicyclic) bond motifs is 2. The Morgan fingerprint density at radius 1 is 0.469 bits per heavy atom. The molecule has 0 aliphatic heterocycles. The molecule has 32 heavy (non-hydrogen) atoms. The normalized spacial score (nSPS) is 12.1. The molecule has 0 fully saturated rings. The monoisotopic (exact) mass is 422 g/mol. The molecule has 1 aliphatic rings. The fourth-order valence-corrected chi connectivity index (χ4v) is 3.93. The molecule has 156 valence electrons. The molecule has 0 saturated carbocycles. The maximum Gasteiger partial charge on any atom is 0.202 e. The number of hydrogen-bond acceptors (Lipinski definition) is 6. The van der Waals surface area contributed by atoms with Crippen LogP contribution in [0.15, 0.2) is 84.9 Å². The predicted octanol–water partition coefficient (Wildman–Crippen LogP) is 5.36. The van der Waals surface area contributed by atoms with Crippen molar-refractivity contribution in [2.24, 2.45) is 0 Å². The fraction of sp³-hybridized carbons (Fsp3) is 0. The van der Waals surface area contributed by atoms with Gasteiger partial charge in [-0.15, -0.1) is 0 Å². The van der Waals surface area contributed by atoms with E-state index in [1.54, 1.807) is 12.1 Å². The molecule has 4 aromatic carbocycles. The number of benzene rings is 4. The number of carbonyl (C=O) groups is 2. The van der Waals surface area contributed by atoms with Crippen molar-refractivity contribution in [1.82, 2.24) is 0 Å². The summed E-state index contributed by atoms with van der Waals surface area (Å²) >= 11 is 0. The van der Waals surface area contributed by atoms with E-state index >= 15 is 0 Å². The van der Waals surface area contributed by atoms with Crippen molar-refractivity contribution < 1.29 is 19.8 Å². The van der Waals surface area contributed by atoms with Gasteiger partial charge in [0.2, 0.25) is 5.78 Å². The summed E-state index contributed by atoms with van der Waals surface area (Å²) in [5, 5.41) is 27.2. The first-order valence-electron chi connectivity index (χ1n) is 10.00. The SMILES string of the molecule is O=C1c2c(O)ccc(Nc3ccccc3)c2C(=O)c2c(Nc3ccccc3)ccc(O)c21. The molecular weight excluding hydrogens is 404 g/mol. The highest BCUT2D eigenvalue weighted by atomic mass is 16.3. The smallest absolute Gasteiger partial charge is 0.202 e. The Morgan fingerprint density at radius 2 is 0.844 bits per heavy atom. The zero-order valence-electron chi connectivity index (χ0n) is 16.8. The highest BCUT2D eigenvalue weighted by molar-refractivity contribution is 6.33. The number of para-hydroxylation sites is 2. The molecule has 0 amide bonds. The number of rotatable bonds is 4. The molecule has 0 unspecified atom stereocenters. The maximum absolute atomic E-state index is 13.7. The Hall–Kier alpha value is -4.58. The lowest BCUT2D eigenvalue weighted by atomic mass is 9.81. The third-order valence-corrected chi connectivity index (χ3v) is 5.38. The van der Waals surface area contributed by atoms with Crippen molar-refractivity contribution >= 4 is 34.3 Å². The molecule has 0 heterocycles. The number of ketones is 2. The van der Waals surface area contributed by atoms with Gasteiger partial charge in [-0.1, -0.05) is 36.4 Å². The molecule has 6 nitrogen and oxygen atoms in total. The van der Waals surface area contributed by atoms with Crippen LogP contribution in [-0.4, -0.2) is 21.8 Å². The molecule has 1 aliphatic carbocycles. The molecule has 0 saturated heterocycles. The van der Waals surface area contributed by atoms with Crippen LogP contribution in [0.2, 0.25) is 0 Å². The minimum absolute atomic E-state index is 0.0630. The van der Waals surface area contributed by atoms with Crippen molar-refractivity contribution in [3.63, 3.8) is 0 Å². The summed E-state index contributed by atoms with van der Waals surface area (Å²) in [5.41, 5.74) is 2.10. The molecule has 4 N–H and O–H groups in total. The van der Waals surface area contributed by atoms with Crippen LogP contribution in [0.25, 0.3) is 0 Å². The maximum atomic E-state index is 13.7. The number of aromatic hydroxyl groups is 2. The second-order valence-corrected chi connectivity index (χ2v) is 7.40. The average Bonchev–Trinajstić information content (AvgIpc) is 2.81. The van der Waals surface area contributed by atoms with Crippen molar-refractivity contribution in [2.75, 3.05) is 10.6 Å². The second-order valence-electron chi connectivity index (χ2n) is 7.40. The Balaban J connectivity index is 1.69. The van der Waals surface area contributed by atoms with E-state index in [1.165, 1.54) is 12.1 Å². The van der Waals surface area contributed by atoms with Gasteiger partial charge in [0.25, 0.3) is 0 Å². The van der Waals surface area contributed by atoms with Gasteiger partial charge in [-0.2, -0.15) is 0 Å². The Bertz CT molecular complexity index is 1260. The number of carbonyl (C=O) groups excluding carboxylic acids is 2. The van der Waals surface area contributed by atoms with E-state index in [9.17, 15) is 19.8 Å². The van der Waals surface area contributed by atoms with Crippen LogP contribution in [0.1, 0.15) is 31.8 Å². The summed E-state index contributed by atoms with van der Waals surface area (Å²) in [7, 11) is 0. The lowest BCUT2D eigenvalue weighted by molar-refractivity contribution is 0.0975. The summed E-state index contributed by atoms with van der Waals surface area (Å²) in [6.07, 6.45) is 0. The molecule has 0 spiro atoms. The number of anilines is 4. The highest BCUT2D eigenvalue weighted by Crippen LogP contribution is 2.43. The lowest BCUT2D eigenvalue weighted by Gasteiger charge is -2.24. The Kier molecular flexibility index (Phi) is 4.60. The lowest BCUT2D eigenvalue weighted by Crippen LogP contribution is -2.23. The van der Waals surface area contributed by atoms with Gasteiger partial charge in [-0.3, -0.25) is 9.59 Å². The Labute approximate surface area is 183 Å². The summed E-state index contributed by atoms with van der Waals surface area (Å²) in [4.78, 5) is 27.1.